The molecule has 0 atom stereocenters. The van der Waals surface area contributed by atoms with E-state index in [1.54, 1.807) is 38.4 Å². The van der Waals surface area contributed by atoms with Crippen LogP contribution in [0.4, 0.5) is 4.39 Å². The van der Waals surface area contributed by atoms with Crippen molar-refractivity contribution in [2.75, 3.05) is 19.7 Å². The molecule has 4 aromatic rings. The largest absolute Gasteiger partial charge is 0.493 e. The van der Waals surface area contributed by atoms with Crippen LogP contribution in [0.1, 0.15) is 34.0 Å². The van der Waals surface area contributed by atoms with Gasteiger partial charge in [-0.1, -0.05) is 11.6 Å². The lowest BCUT2D eigenvalue weighted by Gasteiger charge is -2.20. The Morgan fingerprint density at radius 3 is 2.73 bits per heavy atom. The van der Waals surface area contributed by atoms with Crippen molar-refractivity contribution >= 4 is 34.0 Å². The highest BCUT2D eigenvalue weighted by Gasteiger charge is 2.29. The SMILES string of the molecule is CCOc1cc(-c2cnn(C)c2-c2c(F)c(C)c3ncc(Cl)cc3c2C#N)cc2c1C(=O)CN=C2CN. The van der Waals surface area contributed by atoms with E-state index >= 15 is 4.39 Å². The van der Waals surface area contributed by atoms with Crippen LogP contribution in [0.3, 0.4) is 0 Å². The average molecular weight is 517 g/mol. The Labute approximate surface area is 217 Å². The second-order valence-electron chi connectivity index (χ2n) is 8.60. The van der Waals surface area contributed by atoms with E-state index in [0.717, 1.165) is 0 Å². The van der Waals surface area contributed by atoms with E-state index in [9.17, 15) is 10.1 Å². The lowest BCUT2D eigenvalue weighted by Crippen LogP contribution is -2.25. The molecule has 0 amide bonds. The number of nitrogens with zero attached hydrogens (tertiary/aromatic N) is 5. The van der Waals surface area contributed by atoms with Gasteiger partial charge in [-0.2, -0.15) is 10.4 Å². The van der Waals surface area contributed by atoms with E-state index in [1.807, 2.05) is 6.92 Å². The van der Waals surface area contributed by atoms with Gasteiger partial charge in [0.05, 0.1) is 51.4 Å². The molecule has 10 heteroatoms. The van der Waals surface area contributed by atoms with Crippen LogP contribution < -0.4 is 10.5 Å². The Hall–Kier alpha value is -4.13. The van der Waals surface area contributed by atoms with Crippen molar-refractivity contribution < 1.29 is 13.9 Å². The van der Waals surface area contributed by atoms with Gasteiger partial charge in [0.2, 0.25) is 0 Å². The third kappa shape index (κ3) is 3.86. The molecule has 2 N–H and O–H groups in total. The monoisotopic (exact) mass is 516 g/mol. The highest BCUT2D eigenvalue weighted by atomic mass is 35.5. The molecule has 0 bridgehead atoms. The molecule has 1 aliphatic rings. The van der Waals surface area contributed by atoms with E-state index in [0.29, 0.717) is 61.9 Å². The van der Waals surface area contributed by atoms with Gasteiger partial charge < -0.3 is 10.5 Å². The van der Waals surface area contributed by atoms with Crippen molar-refractivity contribution in [3.63, 3.8) is 0 Å². The smallest absolute Gasteiger partial charge is 0.188 e. The van der Waals surface area contributed by atoms with E-state index < -0.39 is 5.82 Å². The van der Waals surface area contributed by atoms with Crippen molar-refractivity contribution in [1.82, 2.24) is 14.8 Å². The molecule has 0 fully saturated rings. The quantitative estimate of drug-likeness (QED) is 0.413. The van der Waals surface area contributed by atoms with Gasteiger partial charge in [0.1, 0.15) is 24.2 Å². The normalized spacial score (nSPS) is 12.9. The number of Topliss-reactive ketones (excluding diaryl/α,β-unsaturated/α-hetero) is 1. The maximum atomic E-state index is 16.0. The number of aliphatic imine (C=N–C) groups is 1. The number of aryl methyl sites for hydroxylation is 2. The predicted molar refractivity (Wildman–Crippen MR) is 140 cm³/mol. The fourth-order valence-corrected chi connectivity index (χ4v) is 4.97. The molecule has 0 unspecified atom stereocenters. The minimum atomic E-state index is -0.578. The molecule has 2 aromatic heterocycles. The van der Waals surface area contributed by atoms with Crippen LogP contribution in [-0.4, -0.2) is 46.0 Å². The van der Waals surface area contributed by atoms with E-state index in [4.69, 9.17) is 22.1 Å². The van der Waals surface area contributed by atoms with Gasteiger partial charge in [0.15, 0.2) is 5.78 Å². The molecule has 0 radical (unpaired) electrons. The van der Waals surface area contributed by atoms with Crippen molar-refractivity contribution in [3.8, 4) is 34.2 Å². The van der Waals surface area contributed by atoms with Gasteiger partial charge in [-0.05, 0) is 37.6 Å². The number of ketones is 1. The third-order valence-electron chi connectivity index (χ3n) is 6.47. The first kappa shape index (κ1) is 24.6. The minimum absolute atomic E-state index is 0.000793. The summed E-state index contributed by atoms with van der Waals surface area (Å²) in [6.07, 6.45) is 3.01. The number of ether oxygens (including phenoxy) is 1. The van der Waals surface area contributed by atoms with Gasteiger partial charge >= 0.3 is 0 Å². The van der Waals surface area contributed by atoms with Crippen molar-refractivity contribution in [3.05, 3.63) is 63.7 Å². The third-order valence-corrected chi connectivity index (χ3v) is 6.68. The van der Waals surface area contributed by atoms with E-state index in [-0.39, 0.29) is 35.6 Å². The molecule has 2 aromatic carbocycles. The predicted octanol–water partition coefficient (Wildman–Crippen LogP) is 4.62. The number of pyridine rings is 1. The summed E-state index contributed by atoms with van der Waals surface area (Å²) in [4.78, 5) is 21.3. The fourth-order valence-electron chi connectivity index (χ4n) is 4.81. The first-order valence-corrected chi connectivity index (χ1v) is 12.0. The van der Waals surface area contributed by atoms with E-state index in [2.05, 4.69) is 21.1 Å². The maximum absolute atomic E-state index is 16.0. The molecule has 3 heterocycles. The summed E-state index contributed by atoms with van der Waals surface area (Å²) in [6.45, 7) is 3.91. The molecule has 0 saturated carbocycles. The number of carbonyl (C=O) groups excluding carboxylic acids is 1. The maximum Gasteiger partial charge on any atom is 0.188 e. The van der Waals surface area contributed by atoms with E-state index in [1.165, 1.54) is 10.9 Å². The average Bonchev–Trinajstić information content (AvgIpc) is 3.26. The zero-order chi connectivity index (χ0) is 26.4. The summed E-state index contributed by atoms with van der Waals surface area (Å²) in [5, 5.41) is 15.3. The summed E-state index contributed by atoms with van der Waals surface area (Å²) in [5.74, 6) is -0.352. The number of carbonyl (C=O) groups is 1. The van der Waals surface area contributed by atoms with Gasteiger partial charge in [-0.15, -0.1) is 0 Å². The molecule has 5 rings (SSSR count). The molecule has 0 spiro atoms. The van der Waals surface area contributed by atoms with Crippen molar-refractivity contribution in [2.24, 2.45) is 17.8 Å². The molecule has 37 heavy (non-hydrogen) atoms. The van der Waals surface area contributed by atoms with Crippen LogP contribution in [0.15, 0.2) is 35.6 Å². The Morgan fingerprint density at radius 2 is 2.03 bits per heavy atom. The first-order chi connectivity index (χ1) is 17.8. The number of hydrogen-bond donors (Lipinski definition) is 1. The number of nitrogens with two attached hydrogens (primary N) is 1. The van der Waals surface area contributed by atoms with Gasteiger partial charge in [0.25, 0.3) is 0 Å². The Kier molecular flexibility index (Phi) is 6.23. The molecular weight excluding hydrogens is 495 g/mol. The minimum Gasteiger partial charge on any atom is -0.493 e. The summed E-state index contributed by atoms with van der Waals surface area (Å²) in [5.41, 5.74) is 9.90. The Balaban J connectivity index is 1.84. The number of rotatable bonds is 5. The van der Waals surface area contributed by atoms with Crippen LogP contribution >= 0.6 is 11.6 Å². The fraction of sp³-hybridized carbons (Fsp3) is 0.222. The van der Waals surface area contributed by atoms with Crippen LogP contribution in [0, 0.1) is 24.1 Å². The van der Waals surface area contributed by atoms with Gasteiger partial charge in [-0.3, -0.25) is 19.5 Å². The number of fused-ring (bicyclic) bond motifs is 2. The van der Waals surface area contributed by atoms with Crippen LogP contribution in [0.5, 0.6) is 5.75 Å². The second-order valence-corrected chi connectivity index (χ2v) is 9.04. The summed E-state index contributed by atoms with van der Waals surface area (Å²) >= 11 is 6.18. The number of aromatic nitrogens is 3. The molecule has 0 saturated heterocycles. The number of nitriles is 1. The van der Waals surface area contributed by atoms with Crippen LogP contribution in [-0.2, 0) is 7.05 Å². The molecule has 186 valence electrons. The highest BCUT2D eigenvalue weighted by molar-refractivity contribution is 6.31. The van der Waals surface area contributed by atoms with Crippen molar-refractivity contribution in [2.45, 2.75) is 13.8 Å². The Morgan fingerprint density at radius 1 is 1.24 bits per heavy atom. The lowest BCUT2D eigenvalue weighted by molar-refractivity contribution is 0.0996. The zero-order valence-electron chi connectivity index (χ0n) is 20.4. The number of hydrogen-bond acceptors (Lipinski definition) is 7. The summed E-state index contributed by atoms with van der Waals surface area (Å²) < 4.78 is 23.4. The number of benzene rings is 2. The van der Waals surface area contributed by atoms with Crippen LogP contribution in [0.2, 0.25) is 5.02 Å². The summed E-state index contributed by atoms with van der Waals surface area (Å²) in [6, 6.07) is 7.28. The first-order valence-electron chi connectivity index (χ1n) is 11.6. The van der Waals surface area contributed by atoms with Gasteiger partial charge in [0, 0.05) is 41.9 Å². The topological polar surface area (TPSA) is 119 Å². The molecular formula is C27H22ClFN6O2. The molecule has 1 aliphatic heterocycles. The lowest BCUT2D eigenvalue weighted by atomic mass is 9.89. The zero-order valence-corrected chi connectivity index (χ0v) is 21.1. The Bertz CT molecular complexity index is 1690. The highest BCUT2D eigenvalue weighted by Crippen LogP contribution is 2.42. The summed E-state index contributed by atoms with van der Waals surface area (Å²) in [7, 11) is 1.67. The van der Waals surface area contributed by atoms with Gasteiger partial charge in [-0.25, -0.2) is 4.39 Å². The van der Waals surface area contributed by atoms with Crippen LogP contribution in [0.25, 0.3) is 33.3 Å². The standard InChI is InChI=1S/C27H22ClFN6O2/c1-4-37-22-6-14(5-17-20(9-31)32-12-21(36)23(17)22)19-11-34-35(3)27(19)24-18(8-30)16-7-15(28)10-33-26(16)13(2)25(24)29/h5-7,10-11H,4,9,12,31H2,1-3H3. The number of halogens is 2. The van der Waals surface area contributed by atoms with Crippen molar-refractivity contribution in [1.29, 1.82) is 5.26 Å². The molecule has 8 nitrogen and oxygen atoms in total. The second kappa shape index (κ2) is 9.39. The molecule has 0 aliphatic carbocycles.